The van der Waals surface area contributed by atoms with Gasteiger partial charge in [0.1, 0.15) is 16.2 Å². The van der Waals surface area contributed by atoms with E-state index in [1.54, 1.807) is 17.7 Å². The van der Waals surface area contributed by atoms with Crippen LogP contribution in [0.5, 0.6) is 0 Å². The van der Waals surface area contributed by atoms with Crippen molar-refractivity contribution in [3.05, 3.63) is 42.2 Å². The van der Waals surface area contributed by atoms with E-state index in [9.17, 15) is 0 Å². The zero-order valence-electron chi connectivity index (χ0n) is 13.5. The van der Waals surface area contributed by atoms with Crippen LogP contribution in [0.4, 0.5) is 0 Å². The smallest absolute Gasteiger partial charge is 0.215 e. The maximum absolute atomic E-state index is 4.52. The van der Waals surface area contributed by atoms with Crippen molar-refractivity contribution in [1.82, 2.24) is 30.2 Å². The fraction of sp³-hybridized carbons (Fsp3) is 0.235. The minimum atomic E-state index is 0.443. The molecule has 3 heterocycles. The summed E-state index contributed by atoms with van der Waals surface area (Å²) in [4.78, 5) is 11.2. The molecule has 0 aliphatic heterocycles. The number of aromatic nitrogens is 6. The van der Waals surface area contributed by atoms with E-state index in [1.807, 2.05) is 10.7 Å². The number of nitrogens with zero attached hydrogens (tertiary/aromatic N) is 6. The van der Waals surface area contributed by atoms with Gasteiger partial charge in [0.05, 0.1) is 6.04 Å². The quantitative estimate of drug-likeness (QED) is 0.506. The third kappa shape index (κ3) is 2.61. The van der Waals surface area contributed by atoms with Crippen LogP contribution in [0.1, 0.15) is 24.4 Å². The lowest BCUT2D eigenvalue weighted by molar-refractivity contribution is 0.565. The molecule has 0 unspecified atom stereocenters. The van der Waals surface area contributed by atoms with Crippen molar-refractivity contribution < 1.29 is 0 Å². The van der Waals surface area contributed by atoms with Gasteiger partial charge in [0.2, 0.25) is 5.16 Å². The Morgan fingerprint density at radius 2 is 2.00 bits per heavy atom. The fourth-order valence-corrected chi connectivity index (χ4v) is 5.07. The molecule has 1 aliphatic rings. The maximum atomic E-state index is 4.52. The largest absolute Gasteiger partial charge is 0.229 e. The summed E-state index contributed by atoms with van der Waals surface area (Å²) in [6.07, 6.45) is 3.92. The van der Waals surface area contributed by atoms with Crippen molar-refractivity contribution in [2.45, 2.75) is 36.0 Å². The second-order valence-electron chi connectivity index (χ2n) is 6.02. The second kappa shape index (κ2) is 5.89. The zero-order chi connectivity index (χ0) is 16.8. The highest BCUT2D eigenvalue weighted by molar-refractivity contribution is 7.99. The molecular weight excluding hydrogens is 352 g/mol. The lowest BCUT2D eigenvalue weighted by atomic mass is 10.1. The number of thiophene rings is 1. The van der Waals surface area contributed by atoms with E-state index in [1.165, 1.54) is 27.8 Å². The average molecular weight is 366 g/mol. The number of hydrogen-bond acceptors (Lipinski definition) is 7. The Hall–Kier alpha value is -2.32. The first-order valence-electron chi connectivity index (χ1n) is 8.06. The molecule has 0 N–H and O–H groups in total. The van der Waals surface area contributed by atoms with Gasteiger partial charge < -0.3 is 0 Å². The number of rotatable bonds is 4. The molecule has 5 rings (SSSR count). The Morgan fingerprint density at radius 1 is 1.16 bits per heavy atom. The molecule has 8 heteroatoms. The number of hydrogen-bond donors (Lipinski definition) is 0. The van der Waals surface area contributed by atoms with Crippen molar-refractivity contribution >= 4 is 33.3 Å². The summed E-state index contributed by atoms with van der Waals surface area (Å²) >= 11 is 3.23. The van der Waals surface area contributed by atoms with Crippen LogP contribution >= 0.6 is 23.1 Å². The molecule has 0 atom stereocenters. The molecule has 6 nitrogen and oxygen atoms in total. The van der Waals surface area contributed by atoms with Gasteiger partial charge in [-0.15, -0.1) is 16.4 Å². The number of benzene rings is 1. The first-order chi connectivity index (χ1) is 12.3. The first kappa shape index (κ1) is 15.0. The van der Waals surface area contributed by atoms with Crippen LogP contribution in [0, 0.1) is 6.92 Å². The summed E-state index contributed by atoms with van der Waals surface area (Å²) in [6, 6.07) is 10.9. The molecule has 0 radical (unpaired) electrons. The summed E-state index contributed by atoms with van der Waals surface area (Å²) in [6.45, 7) is 2.14. The summed E-state index contributed by atoms with van der Waals surface area (Å²) in [5, 5.41) is 15.0. The number of tetrazole rings is 1. The van der Waals surface area contributed by atoms with E-state index in [0.717, 1.165) is 33.2 Å². The molecule has 1 saturated carbocycles. The van der Waals surface area contributed by atoms with Gasteiger partial charge in [0.25, 0.3) is 0 Å². The van der Waals surface area contributed by atoms with Crippen LogP contribution in [0.25, 0.3) is 20.7 Å². The predicted octanol–water partition coefficient (Wildman–Crippen LogP) is 4.14. The van der Waals surface area contributed by atoms with Crippen molar-refractivity contribution in [2.24, 2.45) is 0 Å². The molecule has 25 heavy (non-hydrogen) atoms. The van der Waals surface area contributed by atoms with Gasteiger partial charge in [-0.1, -0.05) is 30.3 Å². The lowest BCUT2D eigenvalue weighted by Crippen LogP contribution is -1.99. The standard InChI is InChI=1S/C17H14N6S2/c1-10-13-15(24-14(10)11-5-3-2-4-6-11)18-9-19-16(13)25-17-20-21-22-23(17)12-7-8-12/h2-6,9,12H,7-8H2,1H3. The third-order valence-corrected chi connectivity index (χ3v) is 6.47. The molecule has 1 aromatic carbocycles. The van der Waals surface area contributed by atoms with Crippen LogP contribution < -0.4 is 0 Å². The van der Waals surface area contributed by atoms with E-state index < -0.39 is 0 Å². The van der Waals surface area contributed by atoms with Crippen molar-refractivity contribution in [1.29, 1.82) is 0 Å². The van der Waals surface area contributed by atoms with Gasteiger partial charge in [-0.25, -0.2) is 14.6 Å². The molecule has 1 aliphatic carbocycles. The van der Waals surface area contributed by atoms with Crippen LogP contribution in [-0.2, 0) is 0 Å². The van der Waals surface area contributed by atoms with E-state index >= 15 is 0 Å². The van der Waals surface area contributed by atoms with E-state index in [4.69, 9.17) is 0 Å². The van der Waals surface area contributed by atoms with Gasteiger partial charge in [0.15, 0.2) is 0 Å². The molecule has 0 amide bonds. The van der Waals surface area contributed by atoms with Crippen LogP contribution in [-0.4, -0.2) is 30.2 Å². The van der Waals surface area contributed by atoms with E-state index in [-0.39, 0.29) is 0 Å². The van der Waals surface area contributed by atoms with Crippen LogP contribution in [0.15, 0.2) is 46.8 Å². The lowest BCUT2D eigenvalue weighted by Gasteiger charge is -2.04. The normalized spacial score (nSPS) is 14.3. The predicted molar refractivity (Wildman–Crippen MR) is 97.8 cm³/mol. The van der Waals surface area contributed by atoms with Gasteiger partial charge in [-0.3, -0.25) is 0 Å². The van der Waals surface area contributed by atoms with Crippen LogP contribution in [0.3, 0.4) is 0 Å². The maximum Gasteiger partial charge on any atom is 0.215 e. The SMILES string of the molecule is Cc1c(-c2ccccc2)sc2ncnc(Sc3nnnn3C3CC3)c12. The van der Waals surface area contributed by atoms with E-state index in [2.05, 4.69) is 56.7 Å². The molecule has 0 spiro atoms. The minimum Gasteiger partial charge on any atom is -0.229 e. The van der Waals surface area contributed by atoms with Crippen molar-refractivity contribution in [3.8, 4) is 10.4 Å². The summed E-state index contributed by atoms with van der Waals surface area (Å²) in [7, 11) is 0. The Kier molecular flexibility index (Phi) is 3.53. The van der Waals surface area contributed by atoms with Crippen molar-refractivity contribution in [3.63, 3.8) is 0 Å². The Bertz CT molecular complexity index is 1050. The Morgan fingerprint density at radius 3 is 2.80 bits per heavy atom. The highest BCUT2D eigenvalue weighted by atomic mass is 32.2. The molecule has 124 valence electrons. The molecule has 0 bridgehead atoms. The third-order valence-electron chi connectivity index (χ3n) is 4.27. The fourth-order valence-electron chi connectivity index (χ4n) is 2.87. The van der Waals surface area contributed by atoms with Gasteiger partial charge in [0, 0.05) is 10.3 Å². The molecule has 1 fully saturated rings. The molecule has 4 aromatic rings. The van der Waals surface area contributed by atoms with Gasteiger partial charge in [-0.2, -0.15) is 0 Å². The number of fused-ring (bicyclic) bond motifs is 1. The Labute approximate surface area is 152 Å². The highest BCUT2D eigenvalue weighted by Crippen LogP contribution is 2.43. The summed E-state index contributed by atoms with van der Waals surface area (Å²) < 4.78 is 1.92. The minimum absolute atomic E-state index is 0.443. The first-order valence-corrected chi connectivity index (χ1v) is 9.70. The van der Waals surface area contributed by atoms with E-state index in [0.29, 0.717) is 6.04 Å². The Balaban J connectivity index is 1.61. The summed E-state index contributed by atoms with van der Waals surface area (Å²) in [5.74, 6) is 0. The number of aryl methyl sites for hydroxylation is 1. The molecular formula is C17H14N6S2. The highest BCUT2D eigenvalue weighted by Gasteiger charge is 2.28. The monoisotopic (exact) mass is 366 g/mol. The zero-order valence-corrected chi connectivity index (χ0v) is 15.1. The second-order valence-corrected chi connectivity index (χ2v) is 7.98. The summed E-state index contributed by atoms with van der Waals surface area (Å²) in [5.41, 5.74) is 2.42. The van der Waals surface area contributed by atoms with Crippen LogP contribution in [0.2, 0.25) is 0 Å². The molecule has 3 aromatic heterocycles. The topological polar surface area (TPSA) is 69.4 Å². The van der Waals surface area contributed by atoms with Gasteiger partial charge >= 0.3 is 0 Å². The molecule has 0 saturated heterocycles. The van der Waals surface area contributed by atoms with Gasteiger partial charge in [-0.05, 0) is 53.1 Å². The van der Waals surface area contributed by atoms with Crippen molar-refractivity contribution in [2.75, 3.05) is 0 Å². The average Bonchev–Trinajstić information content (AvgIpc) is 3.29.